The molecule has 0 saturated heterocycles. The number of fused-ring (bicyclic) bond motifs is 10. The van der Waals surface area contributed by atoms with Gasteiger partial charge in [0.1, 0.15) is 11.5 Å². The molecular formula is C56H47NO. The molecule has 2 nitrogen and oxygen atoms in total. The van der Waals surface area contributed by atoms with Crippen molar-refractivity contribution in [3.63, 3.8) is 0 Å². The fourth-order valence-corrected chi connectivity index (χ4v) is 9.97. The van der Waals surface area contributed by atoms with Gasteiger partial charge < -0.3 is 9.64 Å². The fraction of sp³-hybridized carbons (Fsp3) is 0.143. The zero-order valence-electron chi connectivity index (χ0n) is 33.8. The van der Waals surface area contributed by atoms with Gasteiger partial charge in [0.25, 0.3) is 0 Å². The van der Waals surface area contributed by atoms with Crippen LogP contribution in [-0.4, -0.2) is 0 Å². The number of benzene rings is 8. The van der Waals surface area contributed by atoms with Gasteiger partial charge in [-0.15, -0.1) is 0 Å². The lowest BCUT2D eigenvalue weighted by molar-refractivity contribution is 0.390. The molecular weight excluding hydrogens is 703 g/mol. The Hall–Kier alpha value is -6.64. The van der Waals surface area contributed by atoms with E-state index >= 15 is 0 Å². The van der Waals surface area contributed by atoms with Crippen molar-refractivity contribution in [1.29, 1.82) is 0 Å². The van der Waals surface area contributed by atoms with Gasteiger partial charge in [-0.25, -0.2) is 0 Å². The highest BCUT2D eigenvalue weighted by molar-refractivity contribution is 6.14. The SMILES string of the molecule is C=C1Oc2ccccc2C2(C1=C)C(=C)C(CC)c1c2c2ccc(N(c3ccc(-c4ccc5ccccc5c4)cc3)c3ccc(C(C)(C)C)cc3)cc2c2ccccc12. The molecule has 2 aliphatic rings. The second-order valence-electron chi connectivity index (χ2n) is 17.0. The first-order valence-corrected chi connectivity index (χ1v) is 20.4. The van der Waals surface area contributed by atoms with Crippen LogP contribution in [0.3, 0.4) is 0 Å². The molecule has 1 spiro atoms. The number of hydrogen-bond donors (Lipinski definition) is 0. The molecule has 0 radical (unpaired) electrons. The van der Waals surface area contributed by atoms with E-state index in [0.29, 0.717) is 5.76 Å². The quantitative estimate of drug-likeness (QED) is 0.128. The molecule has 1 heterocycles. The normalized spacial score (nSPS) is 17.5. The molecule has 2 heteroatoms. The Morgan fingerprint density at radius 2 is 1.21 bits per heavy atom. The van der Waals surface area contributed by atoms with E-state index in [1.54, 1.807) is 0 Å². The van der Waals surface area contributed by atoms with E-state index in [1.165, 1.54) is 60.1 Å². The van der Waals surface area contributed by atoms with Gasteiger partial charge in [-0.1, -0.05) is 162 Å². The Balaban J connectivity index is 1.21. The van der Waals surface area contributed by atoms with Gasteiger partial charge in [0.15, 0.2) is 0 Å². The van der Waals surface area contributed by atoms with E-state index in [1.807, 2.05) is 6.07 Å². The smallest absolute Gasteiger partial charge is 0.132 e. The first-order valence-electron chi connectivity index (χ1n) is 20.4. The molecule has 1 aliphatic carbocycles. The van der Waals surface area contributed by atoms with E-state index < -0.39 is 5.41 Å². The molecule has 0 N–H and O–H groups in total. The van der Waals surface area contributed by atoms with Crippen LogP contribution < -0.4 is 9.64 Å². The van der Waals surface area contributed by atoms with E-state index in [4.69, 9.17) is 17.9 Å². The van der Waals surface area contributed by atoms with Crippen molar-refractivity contribution in [2.24, 2.45) is 0 Å². The topological polar surface area (TPSA) is 12.5 Å². The van der Waals surface area contributed by atoms with Crippen molar-refractivity contribution in [2.75, 3.05) is 4.90 Å². The molecule has 8 aromatic rings. The number of hydrogen-bond acceptors (Lipinski definition) is 2. The summed E-state index contributed by atoms with van der Waals surface area (Å²) >= 11 is 0. The Labute approximate surface area is 342 Å². The van der Waals surface area contributed by atoms with Crippen molar-refractivity contribution in [3.05, 3.63) is 217 Å². The molecule has 2 unspecified atom stereocenters. The van der Waals surface area contributed by atoms with Gasteiger partial charge in [-0.2, -0.15) is 0 Å². The van der Waals surface area contributed by atoms with Crippen LogP contribution in [-0.2, 0) is 10.8 Å². The minimum atomic E-state index is -0.674. The van der Waals surface area contributed by atoms with E-state index in [-0.39, 0.29) is 11.3 Å². The number of ether oxygens (including phenoxy) is 1. The summed E-state index contributed by atoms with van der Waals surface area (Å²) in [6.45, 7) is 23.1. The fourth-order valence-electron chi connectivity index (χ4n) is 9.97. The second kappa shape index (κ2) is 13.2. The zero-order chi connectivity index (χ0) is 39.9. The Morgan fingerprint density at radius 1 is 0.586 bits per heavy atom. The molecule has 0 fully saturated rings. The van der Waals surface area contributed by atoms with Crippen LogP contribution in [0, 0.1) is 0 Å². The third-order valence-electron chi connectivity index (χ3n) is 12.9. The molecule has 58 heavy (non-hydrogen) atoms. The lowest BCUT2D eigenvalue weighted by Crippen LogP contribution is -2.35. The predicted octanol–water partition coefficient (Wildman–Crippen LogP) is 15.4. The largest absolute Gasteiger partial charge is 0.457 e. The van der Waals surface area contributed by atoms with Crippen molar-refractivity contribution in [2.45, 2.75) is 50.9 Å². The van der Waals surface area contributed by atoms with E-state index in [2.05, 4.69) is 191 Å². The highest BCUT2D eigenvalue weighted by atomic mass is 16.5. The summed E-state index contributed by atoms with van der Waals surface area (Å²) in [5.74, 6) is 1.55. The average molecular weight is 750 g/mol. The van der Waals surface area contributed by atoms with Crippen LogP contribution in [0.5, 0.6) is 5.75 Å². The maximum atomic E-state index is 6.35. The summed E-state index contributed by atoms with van der Waals surface area (Å²) in [7, 11) is 0. The minimum Gasteiger partial charge on any atom is -0.457 e. The molecule has 2 atom stereocenters. The monoisotopic (exact) mass is 749 g/mol. The Bertz CT molecular complexity index is 3000. The first kappa shape index (κ1) is 35.8. The Kier molecular flexibility index (Phi) is 8.15. The molecule has 0 amide bonds. The summed E-state index contributed by atoms with van der Waals surface area (Å²) in [4.78, 5) is 2.39. The van der Waals surface area contributed by atoms with Crippen molar-refractivity contribution >= 4 is 49.4 Å². The van der Waals surface area contributed by atoms with E-state index in [9.17, 15) is 0 Å². The molecule has 1 aliphatic heterocycles. The Morgan fingerprint density at radius 3 is 1.93 bits per heavy atom. The summed E-state index contributed by atoms with van der Waals surface area (Å²) in [6.07, 6.45) is 0.928. The molecule has 0 saturated carbocycles. The summed E-state index contributed by atoms with van der Waals surface area (Å²) in [6, 6.07) is 57.7. The molecule has 8 aromatic carbocycles. The van der Waals surface area contributed by atoms with Crippen molar-refractivity contribution < 1.29 is 4.74 Å². The van der Waals surface area contributed by atoms with Crippen LogP contribution in [0.25, 0.3) is 43.4 Å². The maximum absolute atomic E-state index is 6.35. The average Bonchev–Trinajstić information content (AvgIpc) is 3.51. The van der Waals surface area contributed by atoms with Crippen LogP contribution >= 0.6 is 0 Å². The molecule has 0 bridgehead atoms. The van der Waals surface area contributed by atoms with Crippen LogP contribution in [0.15, 0.2) is 194 Å². The number of rotatable bonds is 5. The first-order chi connectivity index (χ1) is 28.1. The maximum Gasteiger partial charge on any atom is 0.132 e. The number of anilines is 3. The summed E-state index contributed by atoms with van der Waals surface area (Å²) < 4.78 is 6.35. The molecule has 0 aromatic heterocycles. The van der Waals surface area contributed by atoms with Gasteiger partial charge in [0.2, 0.25) is 0 Å². The third kappa shape index (κ3) is 5.24. The van der Waals surface area contributed by atoms with Crippen molar-refractivity contribution in [3.8, 4) is 16.9 Å². The van der Waals surface area contributed by atoms with Crippen LogP contribution in [0.1, 0.15) is 62.3 Å². The summed E-state index contributed by atoms with van der Waals surface area (Å²) in [5, 5.41) is 7.39. The third-order valence-corrected chi connectivity index (χ3v) is 12.9. The lowest BCUT2D eigenvalue weighted by atomic mass is 9.64. The van der Waals surface area contributed by atoms with Gasteiger partial charge in [0, 0.05) is 34.1 Å². The number of para-hydroxylation sites is 1. The summed E-state index contributed by atoms with van der Waals surface area (Å²) in [5.41, 5.74) is 12.0. The van der Waals surface area contributed by atoms with Gasteiger partial charge in [0.05, 0.1) is 5.41 Å². The van der Waals surface area contributed by atoms with Crippen LogP contribution in [0.4, 0.5) is 17.1 Å². The van der Waals surface area contributed by atoms with Gasteiger partial charge in [-0.05, 0) is 121 Å². The predicted molar refractivity (Wildman–Crippen MR) is 246 cm³/mol. The number of allylic oxidation sites excluding steroid dienone is 2. The second-order valence-corrected chi connectivity index (χ2v) is 17.0. The highest BCUT2D eigenvalue weighted by Crippen LogP contribution is 2.65. The number of nitrogens with zero attached hydrogens (tertiary/aromatic N) is 1. The zero-order valence-corrected chi connectivity index (χ0v) is 33.8. The van der Waals surface area contributed by atoms with Gasteiger partial charge >= 0.3 is 0 Å². The van der Waals surface area contributed by atoms with Gasteiger partial charge in [-0.3, -0.25) is 0 Å². The lowest BCUT2D eigenvalue weighted by Gasteiger charge is -2.41. The molecule has 282 valence electrons. The molecule has 10 rings (SSSR count). The highest BCUT2D eigenvalue weighted by Gasteiger charge is 2.55. The van der Waals surface area contributed by atoms with Crippen LogP contribution in [0.2, 0.25) is 0 Å². The van der Waals surface area contributed by atoms with E-state index in [0.717, 1.165) is 45.9 Å². The standard InChI is InChI=1S/C56H47NO/c1-8-46-36(3)56(35(2)37(4)58-52-20-14-13-19-51(52)56)54-49-32-31-45(34-50(49)47-17-11-12-18-48(47)53(46)54)57(44-29-25-42(26-30-44)55(5,6)7)43-27-23-39(24-28-43)41-22-21-38-15-9-10-16-40(38)33-41/h9-34,46H,2-4,8H2,1,5-7H3. The van der Waals surface area contributed by atoms with Crippen molar-refractivity contribution in [1.82, 2.24) is 0 Å². The minimum absolute atomic E-state index is 0.0432.